The number of hydrogen-bond donors (Lipinski definition) is 2. The van der Waals surface area contributed by atoms with Crippen LogP contribution >= 0.6 is 0 Å². The summed E-state index contributed by atoms with van der Waals surface area (Å²) in [4.78, 5) is 13.9. The lowest BCUT2D eigenvalue weighted by atomic mass is 10.3. The third kappa shape index (κ3) is 6.62. The predicted octanol–water partition coefficient (Wildman–Crippen LogP) is 1.86. The molecule has 0 unspecified atom stereocenters. The van der Waals surface area contributed by atoms with Crippen molar-refractivity contribution in [3.63, 3.8) is 0 Å². The highest BCUT2D eigenvalue weighted by Gasteiger charge is 2.05. The number of hydrogen-bond acceptors (Lipinski definition) is 6. The molecule has 0 radical (unpaired) electrons. The molecular formula is C17H23N5O2. The van der Waals surface area contributed by atoms with Gasteiger partial charge in [0.25, 0.3) is 5.91 Å². The zero-order valence-electron chi connectivity index (χ0n) is 14.0. The molecule has 2 aromatic rings. The van der Waals surface area contributed by atoms with Gasteiger partial charge in [0.2, 0.25) is 0 Å². The van der Waals surface area contributed by atoms with E-state index in [4.69, 9.17) is 4.74 Å². The van der Waals surface area contributed by atoms with Gasteiger partial charge < -0.3 is 20.3 Å². The first-order chi connectivity index (χ1) is 11.6. The number of ether oxygens (including phenoxy) is 1. The first-order valence-corrected chi connectivity index (χ1v) is 7.83. The number of benzene rings is 1. The molecule has 0 saturated heterocycles. The normalized spacial score (nSPS) is 10.5. The Kier molecular flexibility index (Phi) is 6.97. The Morgan fingerprint density at radius 3 is 2.46 bits per heavy atom. The van der Waals surface area contributed by atoms with Gasteiger partial charge in [-0.1, -0.05) is 18.2 Å². The van der Waals surface area contributed by atoms with E-state index in [1.807, 2.05) is 32.3 Å². The Morgan fingerprint density at radius 1 is 1.08 bits per heavy atom. The van der Waals surface area contributed by atoms with E-state index in [0.717, 1.165) is 19.5 Å². The fraction of sp³-hybridized carbons (Fsp3) is 0.353. The zero-order chi connectivity index (χ0) is 17.2. The van der Waals surface area contributed by atoms with Crippen LogP contribution in [0.5, 0.6) is 5.75 Å². The van der Waals surface area contributed by atoms with Crippen LogP contribution in [0.3, 0.4) is 0 Å². The molecule has 1 amide bonds. The van der Waals surface area contributed by atoms with Crippen molar-refractivity contribution in [2.24, 2.45) is 0 Å². The molecule has 0 aliphatic rings. The summed E-state index contributed by atoms with van der Waals surface area (Å²) < 4.78 is 5.37. The summed E-state index contributed by atoms with van der Waals surface area (Å²) in [6.45, 7) is 1.76. The number of rotatable bonds is 9. The lowest BCUT2D eigenvalue weighted by Gasteiger charge is -2.10. The molecule has 0 saturated carbocycles. The minimum atomic E-state index is -0.278. The van der Waals surface area contributed by atoms with Crippen LogP contribution < -0.4 is 15.4 Å². The van der Waals surface area contributed by atoms with Crippen LogP contribution in [0, 0.1) is 0 Å². The number of para-hydroxylation sites is 1. The van der Waals surface area contributed by atoms with Crippen molar-refractivity contribution >= 4 is 17.5 Å². The maximum atomic E-state index is 11.8. The van der Waals surface area contributed by atoms with Crippen LogP contribution in [0.15, 0.2) is 42.5 Å². The molecule has 7 heteroatoms. The molecular weight excluding hydrogens is 306 g/mol. The van der Waals surface area contributed by atoms with Crippen molar-refractivity contribution in [3.05, 3.63) is 42.5 Å². The van der Waals surface area contributed by atoms with Gasteiger partial charge in [0.1, 0.15) is 11.6 Å². The van der Waals surface area contributed by atoms with Crippen molar-refractivity contribution in [2.45, 2.75) is 6.42 Å². The summed E-state index contributed by atoms with van der Waals surface area (Å²) in [6, 6.07) is 12.7. The Bertz CT molecular complexity index is 617. The number of anilines is 2. The molecule has 128 valence electrons. The van der Waals surface area contributed by atoms with E-state index in [0.29, 0.717) is 17.4 Å². The molecule has 0 atom stereocenters. The quantitative estimate of drug-likeness (QED) is 0.684. The summed E-state index contributed by atoms with van der Waals surface area (Å²) >= 11 is 0. The molecule has 0 bridgehead atoms. The topological polar surface area (TPSA) is 79.4 Å². The van der Waals surface area contributed by atoms with Crippen molar-refractivity contribution in [1.82, 2.24) is 15.1 Å². The Labute approximate surface area is 142 Å². The summed E-state index contributed by atoms with van der Waals surface area (Å²) in [7, 11) is 4.08. The highest BCUT2D eigenvalue weighted by atomic mass is 16.5. The summed E-state index contributed by atoms with van der Waals surface area (Å²) in [5, 5.41) is 13.9. The van der Waals surface area contributed by atoms with Gasteiger partial charge in [0, 0.05) is 6.54 Å². The number of nitrogens with one attached hydrogen (secondary N) is 2. The van der Waals surface area contributed by atoms with Crippen LogP contribution in [0.2, 0.25) is 0 Å². The number of carbonyl (C=O) groups excluding carboxylic acids is 1. The van der Waals surface area contributed by atoms with Gasteiger partial charge in [0.15, 0.2) is 12.4 Å². The minimum Gasteiger partial charge on any atom is -0.484 e. The van der Waals surface area contributed by atoms with E-state index < -0.39 is 0 Å². The summed E-state index contributed by atoms with van der Waals surface area (Å²) in [5.41, 5.74) is 0. The molecule has 0 fully saturated rings. The molecule has 0 aliphatic heterocycles. The second kappa shape index (κ2) is 9.46. The van der Waals surface area contributed by atoms with E-state index in [1.165, 1.54) is 0 Å². The first kappa shape index (κ1) is 17.7. The minimum absolute atomic E-state index is 0.0732. The van der Waals surface area contributed by atoms with E-state index >= 15 is 0 Å². The fourth-order valence-corrected chi connectivity index (χ4v) is 1.95. The van der Waals surface area contributed by atoms with Gasteiger partial charge >= 0.3 is 0 Å². The SMILES string of the molecule is CN(C)CCCNc1ccc(NC(=O)COc2ccccc2)nn1. The second-order valence-electron chi connectivity index (χ2n) is 5.54. The van der Waals surface area contributed by atoms with Crippen molar-refractivity contribution in [1.29, 1.82) is 0 Å². The Balaban J connectivity index is 1.71. The molecule has 1 aromatic heterocycles. The van der Waals surface area contributed by atoms with Gasteiger partial charge in [-0.3, -0.25) is 4.79 Å². The number of amides is 1. The number of carbonyl (C=O) groups is 1. The maximum Gasteiger partial charge on any atom is 0.263 e. The average molecular weight is 329 g/mol. The second-order valence-corrected chi connectivity index (χ2v) is 5.54. The summed E-state index contributed by atoms with van der Waals surface area (Å²) in [5.74, 6) is 1.46. The maximum absolute atomic E-state index is 11.8. The number of aromatic nitrogens is 2. The predicted molar refractivity (Wildman–Crippen MR) is 94.3 cm³/mol. The molecule has 1 heterocycles. The fourth-order valence-electron chi connectivity index (χ4n) is 1.95. The molecule has 1 aromatic carbocycles. The van der Waals surface area contributed by atoms with E-state index in [1.54, 1.807) is 24.3 Å². The molecule has 7 nitrogen and oxygen atoms in total. The van der Waals surface area contributed by atoms with Crippen LogP contribution in [0.4, 0.5) is 11.6 Å². The van der Waals surface area contributed by atoms with E-state index in [9.17, 15) is 4.79 Å². The zero-order valence-corrected chi connectivity index (χ0v) is 14.0. The highest BCUT2D eigenvalue weighted by molar-refractivity contribution is 5.90. The van der Waals surface area contributed by atoms with Crippen molar-refractivity contribution in [3.8, 4) is 5.75 Å². The molecule has 0 aliphatic carbocycles. The Hall–Kier alpha value is -2.67. The van der Waals surface area contributed by atoms with Crippen LogP contribution in [0.25, 0.3) is 0 Å². The van der Waals surface area contributed by atoms with E-state index in [2.05, 4.69) is 25.7 Å². The monoisotopic (exact) mass is 329 g/mol. The molecule has 2 rings (SSSR count). The van der Waals surface area contributed by atoms with Gasteiger partial charge in [-0.25, -0.2) is 0 Å². The van der Waals surface area contributed by atoms with Crippen molar-refractivity contribution < 1.29 is 9.53 Å². The molecule has 0 spiro atoms. The lowest BCUT2D eigenvalue weighted by molar-refractivity contribution is -0.118. The lowest BCUT2D eigenvalue weighted by Crippen LogP contribution is -2.21. The standard InChI is InChI=1S/C17H23N5O2/c1-22(2)12-6-11-18-15-9-10-16(21-20-15)19-17(23)13-24-14-7-4-3-5-8-14/h3-5,7-10H,6,11-13H2,1-2H3,(H,18,20)(H,19,21,23). The average Bonchev–Trinajstić information content (AvgIpc) is 2.59. The third-order valence-corrected chi connectivity index (χ3v) is 3.13. The van der Waals surface area contributed by atoms with Crippen LogP contribution in [-0.2, 0) is 4.79 Å². The van der Waals surface area contributed by atoms with Gasteiger partial charge in [-0.05, 0) is 51.3 Å². The number of nitrogens with zero attached hydrogens (tertiary/aromatic N) is 3. The smallest absolute Gasteiger partial charge is 0.263 e. The molecule has 24 heavy (non-hydrogen) atoms. The Morgan fingerprint density at radius 2 is 1.79 bits per heavy atom. The largest absolute Gasteiger partial charge is 0.484 e. The van der Waals surface area contributed by atoms with Gasteiger partial charge in [-0.2, -0.15) is 0 Å². The van der Waals surface area contributed by atoms with E-state index in [-0.39, 0.29) is 12.5 Å². The van der Waals surface area contributed by atoms with Crippen molar-refractivity contribution in [2.75, 3.05) is 44.4 Å². The van der Waals surface area contributed by atoms with Gasteiger partial charge in [-0.15, -0.1) is 10.2 Å². The molecule has 2 N–H and O–H groups in total. The summed E-state index contributed by atoms with van der Waals surface area (Å²) in [6.07, 6.45) is 1.02. The highest BCUT2D eigenvalue weighted by Crippen LogP contribution is 2.09. The third-order valence-electron chi connectivity index (χ3n) is 3.13. The van der Waals surface area contributed by atoms with Crippen LogP contribution in [0.1, 0.15) is 6.42 Å². The van der Waals surface area contributed by atoms with Crippen LogP contribution in [-0.4, -0.2) is 54.8 Å². The first-order valence-electron chi connectivity index (χ1n) is 7.83. The van der Waals surface area contributed by atoms with Gasteiger partial charge in [0.05, 0.1) is 0 Å².